The van der Waals surface area contributed by atoms with Gasteiger partial charge in [-0.25, -0.2) is 0 Å². The molecule has 3 N–H and O–H groups in total. The van der Waals surface area contributed by atoms with Gasteiger partial charge in [0, 0.05) is 6.04 Å². The minimum Gasteiger partial charge on any atom is -0.497 e. The summed E-state index contributed by atoms with van der Waals surface area (Å²) in [6.45, 7) is 0. The third-order valence-corrected chi connectivity index (χ3v) is 4.49. The van der Waals surface area contributed by atoms with Gasteiger partial charge in [-0.3, -0.25) is 11.3 Å². The molecule has 0 saturated carbocycles. The summed E-state index contributed by atoms with van der Waals surface area (Å²) in [4.78, 5) is 0. The minimum absolute atomic E-state index is 0.161. The van der Waals surface area contributed by atoms with E-state index in [1.807, 2.05) is 12.1 Å². The second-order valence-electron chi connectivity index (χ2n) is 5.69. The molecule has 3 rings (SSSR count). The van der Waals surface area contributed by atoms with Gasteiger partial charge in [0.05, 0.1) is 7.11 Å². The number of rotatable bonds is 4. The molecular formula is C18H22N2O. The summed E-state index contributed by atoms with van der Waals surface area (Å²) in [5.41, 5.74) is 7.15. The van der Waals surface area contributed by atoms with Crippen LogP contribution in [0.3, 0.4) is 0 Å². The second kappa shape index (κ2) is 6.29. The van der Waals surface area contributed by atoms with Crippen molar-refractivity contribution < 1.29 is 4.74 Å². The molecular weight excluding hydrogens is 260 g/mol. The van der Waals surface area contributed by atoms with Crippen molar-refractivity contribution >= 4 is 0 Å². The van der Waals surface area contributed by atoms with E-state index in [9.17, 15) is 0 Å². The first-order chi connectivity index (χ1) is 10.3. The molecule has 0 amide bonds. The number of nitrogens with one attached hydrogen (secondary N) is 1. The molecule has 0 aliphatic heterocycles. The van der Waals surface area contributed by atoms with Crippen LogP contribution in [0.2, 0.25) is 0 Å². The Morgan fingerprint density at radius 3 is 2.71 bits per heavy atom. The first kappa shape index (κ1) is 14.1. The van der Waals surface area contributed by atoms with Crippen LogP contribution >= 0.6 is 0 Å². The van der Waals surface area contributed by atoms with Crippen LogP contribution in [-0.2, 0) is 12.8 Å². The van der Waals surface area contributed by atoms with Crippen molar-refractivity contribution in [1.82, 2.24) is 5.43 Å². The summed E-state index contributed by atoms with van der Waals surface area (Å²) in [6, 6.07) is 17.1. The molecule has 0 aromatic heterocycles. The Labute approximate surface area is 126 Å². The predicted molar refractivity (Wildman–Crippen MR) is 85.0 cm³/mol. The maximum absolute atomic E-state index is 5.86. The number of hydrogen-bond acceptors (Lipinski definition) is 3. The highest BCUT2D eigenvalue weighted by Crippen LogP contribution is 2.34. The second-order valence-corrected chi connectivity index (χ2v) is 5.69. The fraction of sp³-hybridized carbons (Fsp3) is 0.333. The summed E-state index contributed by atoms with van der Waals surface area (Å²) < 4.78 is 5.32. The summed E-state index contributed by atoms with van der Waals surface area (Å²) in [5, 5.41) is 0. The average molecular weight is 282 g/mol. The molecule has 1 aliphatic rings. The summed E-state index contributed by atoms with van der Waals surface area (Å²) in [6.07, 6.45) is 3.36. The zero-order valence-corrected chi connectivity index (χ0v) is 12.4. The Morgan fingerprint density at radius 1 is 1.14 bits per heavy atom. The Morgan fingerprint density at radius 2 is 1.95 bits per heavy atom. The third-order valence-electron chi connectivity index (χ3n) is 4.49. The van der Waals surface area contributed by atoms with Crippen molar-refractivity contribution in [1.29, 1.82) is 0 Å². The van der Waals surface area contributed by atoms with Gasteiger partial charge in [-0.1, -0.05) is 36.4 Å². The van der Waals surface area contributed by atoms with E-state index in [4.69, 9.17) is 10.6 Å². The van der Waals surface area contributed by atoms with E-state index < -0.39 is 0 Å². The third kappa shape index (κ3) is 2.94. The number of hydrazine groups is 1. The van der Waals surface area contributed by atoms with E-state index in [1.165, 1.54) is 16.7 Å². The molecule has 3 heteroatoms. The lowest BCUT2D eigenvalue weighted by Gasteiger charge is -2.31. The number of aryl methyl sites for hydroxylation is 1. The highest BCUT2D eigenvalue weighted by Gasteiger charge is 2.26. The van der Waals surface area contributed by atoms with Gasteiger partial charge in [0.25, 0.3) is 0 Å². The lowest BCUT2D eigenvalue weighted by molar-refractivity contribution is 0.328. The highest BCUT2D eigenvalue weighted by atomic mass is 16.5. The van der Waals surface area contributed by atoms with Crippen molar-refractivity contribution in [2.75, 3.05) is 7.11 Å². The molecule has 2 unspecified atom stereocenters. The Hall–Kier alpha value is -1.84. The fourth-order valence-electron chi connectivity index (χ4n) is 3.35. The van der Waals surface area contributed by atoms with Gasteiger partial charge < -0.3 is 4.74 Å². The molecule has 2 aromatic carbocycles. The van der Waals surface area contributed by atoms with Crippen molar-refractivity contribution in [3.63, 3.8) is 0 Å². The quantitative estimate of drug-likeness (QED) is 0.669. The van der Waals surface area contributed by atoms with Crippen LogP contribution in [0.1, 0.15) is 29.2 Å². The molecule has 0 spiro atoms. The highest BCUT2D eigenvalue weighted by molar-refractivity contribution is 5.34. The van der Waals surface area contributed by atoms with Gasteiger partial charge in [0.15, 0.2) is 0 Å². The van der Waals surface area contributed by atoms with Gasteiger partial charge >= 0.3 is 0 Å². The molecule has 0 fully saturated rings. The van der Waals surface area contributed by atoms with Gasteiger partial charge in [0.2, 0.25) is 0 Å². The Kier molecular flexibility index (Phi) is 4.23. The fourth-order valence-corrected chi connectivity index (χ4v) is 3.35. The largest absolute Gasteiger partial charge is 0.497 e. The summed E-state index contributed by atoms with van der Waals surface area (Å²) in [5.74, 6) is 7.25. The van der Waals surface area contributed by atoms with Crippen LogP contribution in [-0.4, -0.2) is 7.11 Å². The molecule has 1 aliphatic carbocycles. The Bertz CT molecular complexity index is 612. The number of ether oxygens (including phenoxy) is 1. The van der Waals surface area contributed by atoms with E-state index >= 15 is 0 Å². The lowest BCUT2D eigenvalue weighted by Crippen LogP contribution is -2.36. The summed E-state index contributed by atoms with van der Waals surface area (Å²) in [7, 11) is 1.70. The minimum atomic E-state index is 0.161. The first-order valence-corrected chi connectivity index (χ1v) is 7.48. The maximum Gasteiger partial charge on any atom is 0.119 e. The zero-order chi connectivity index (χ0) is 14.7. The van der Waals surface area contributed by atoms with E-state index in [1.54, 1.807) is 7.11 Å². The number of methoxy groups -OCH3 is 1. The van der Waals surface area contributed by atoms with Crippen molar-refractivity contribution in [2.24, 2.45) is 11.8 Å². The van der Waals surface area contributed by atoms with Gasteiger partial charge in [-0.05, 0) is 54.0 Å². The lowest BCUT2D eigenvalue weighted by atomic mass is 9.78. The smallest absolute Gasteiger partial charge is 0.119 e. The van der Waals surface area contributed by atoms with Gasteiger partial charge in [-0.2, -0.15) is 0 Å². The molecule has 110 valence electrons. The van der Waals surface area contributed by atoms with Crippen LogP contribution in [0.15, 0.2) is 48.5 Å². The molecule has 0 bridgehead atoms. The molecule has 3 nitrogen and oxygen atoms in total. The van der Waals surface area contributed by atoms with Gasteiger partial charge in [-0.15, -0.1) is 0 Å². The van der Waals surface area contributed by atoms with E-state index in [0.717, 1.165) is 25.0 Å². The molecule has 2 atom stereocenters. The topological polar surface area (TPSA) is 47.3 Å². The van der Waals surface area contributed by atoms with Crippen LogP contribution < -0.4 is 16.0 Å². The normalized spacial score (nSPS) is 18.9. The number of benzene rings is 2. The van der Waals surface area contributed by atoms with Crippen molar-refractivity contribution in [3.05, 3.63) is 65.2 Å². The van der Waals surface area contributed by atoms with E-state index in [0.29, 0.717) is 5.92 Å². The Balaban J connectivity index is 1.84. The van der Waals surface area contributed by atoms with Crippen LogP contribution in [0.25, 0.3) is 0 Å². The number of nitrogens with two attached hydrogens (primary N) is 1. The van der Waals surface area contributed by atoms with Crippen LogP contribution in [0.4, 0.5) is 0 Å². The number of hydrogen-bond donors (Lipinski definition) is 2. The van der Waals surface area contributed by atoms with E-state index in [2.05, 4.69) is 41.8 Å². The monoisotopic (exact) mass is 282 g/mol. The molecule has 2 aromatic rings. The molecule has 0 saturated heterocycles. The first-order valence-electron chi connectivity index (χ1n) is 7.48. The van der Waals surface area contributed by atoms with Crippen molar-refractivity contribution in [2.45, 2.75) is 25.3 Å². The molecule has 0 heterocycles. The van der Waals surface area contributed by atoms with Crippen LogP contribution in [0.5, 0.6) is 5.75 Å². The number of fused-ring (bicyclic) bond motifs is 1. The summed E-state index contributed by atoms with van der Waals surface area (Å²) >= 11 is 0. The maximum atomic E-state index is 5.86. The SMILES string of the molecule is COc1cccc(C(NN)C2CCc3ccccc3C2)c1. The average Bonchev–Trinajstić information content (AvgIpc) is 2.56. The van der Waals surface area contributed by atoms with Crippen molar-refractivity contribution in [3.8, 4) is 5.75 Å². The predicted octanol–water partition coefficient (Wildman–Crippen LogP) is 3.00. The molecule has 0 radical (unpaired) electrons. The van der Waals surface area contributed by atoms with E-state index in [-0.39, 0.29) is 6.04 Å². The molecule has 21 heavy (non-hydrogen) atoms. The standard InChI is InChI=1S/C18H22N2O/c1-21-17-8-4-7-15(12-17)18(20-19)16-10-9-13-5-2-3-6-14(13)11-16/h2-8,12,16,18,20H,9-11,19H2,1H3. The van der Waals surface area contributed by atoms with Crippen LogP contribution in [0, 0.1) is 5.92 Å². The van der Waals surface area contributed by atoms with Gasteiger partial charge in [0.1, 0.15) is 5.75 Å². The zero-order valence-electron chi connectivity index (χ0n) is 12.4.